The number of nitrogens with zero attached hydrogens (tertiary/aromatic N) is 2. The van der Waals surface area contributed by atoms with Crippen molar-refractivity contribution in [1.82, 2.24) is 9.80 Å². The van der Waals surface area contributed by atoms with Crippen LogP contribution < -0.4 is 15.4 Å². The highest BCUT2D eigenvalue weighted by molar-refractivity contribution is 6.05. The molecule has 0 aliphatic carbocycles. The van der Waals surface area contributed by atoms with Gasteiger partial charge in [0.1, 0.15) is 5.75 Å². The maximum atomic E-state index is 14.4. The molecule has 10 nitrogen and oxygen atoms in total. The van der Waals surface area contributed by atoms with E-state index in [-0.39, 0.29) is 48.6 Å². The highest BCUT2D eigenvalue weighted by Crippen LogP contribution is 2.29. The second-order valence-electron chi connectivity index (χ2n) is 13.2. The summed E-state index contributed by atoms with van der Waals surface area (Å²) in [5.41, 5.74) is 1.96. The van der Waals surface area contributed by atoms with Crippen molar-refractivity contribution in [3.8, 4) is 5.75 Å². The number of aliphatic hydroxyl groups excluding tert-OH is 1. The van der Waals surface area contributed by atoms with Gasteiger partial charge in [-0.05, 0) is 74.9 Å². The zero-order chi connectivity index (χ0) is 35.6. The number of carbonyl (C=O) groups excluding carboxylic acids is 3. The fourth-order valence-electron chi connectivity index (χ4n) is 6.15. The van der Waals surface area contributed by atoms with Crippen LogP contribution >= 0.6 is 0 Å². The van der Waals surface area contributed by atoms with Crippen molar-refractivity contribution in [2.75, 3.05) is 44.0 Å². The molecular weight excluding hydrogens is 632 g/mol. The first-order valence-corrected chi connectivity index (χ1v) is 17.3. The summed E-state index contributed by atoms with van der Waals surface area (Å²) >= 11 is 0. The summed E-state index contributed by atoms with van der Waals surface area (Å²) < 4.78 is 12.7. The Labute approximate surface area is 294 Å². The molecule has 3 N–H and O–H groups in total. The molecule has 4 atom stereocenters. The first-order chi connectivity index (χ1) is 24.1. The van der Waals surface area contributed by atoms with Crippen molar-refractivity contribution in [1.29, 1.82) is 0 Å². The lowest BCUT2D eigenvalue weighted by molar-refractivity contribution is -0.0115. The van der Waals surface area contributed by atoms with E-state index < -0.39 is 12.1 Å². The smallest absolute Gasteiger partial charge is 0.321 e. The largest absolute Gasteiger partial charge is 0.490 e. The van der Waals surface area contributed by atoms with E-state index in [1.807, 2.05) is 62.4 Å². The molecule has 0 bridgehead atoms. The number of likely N-dealkylation sites (N-methyl/N-ethyl adjacent to an activating group) is 1. The van der Waals surface area contributed by atoms with Crippen LogP contribution in [0.1, 0.15) is 60.7 Å². The highest BCUT2D eigenvalue weighted by atomic mass is 16.5. The first kappa shape index (κ1) is 36.4. The van der Waals surface area contributed by atoms with Crippen LogP contribution in [0.5, 0.6) is 5.75 Å². The predicted molar refractivity (Wildman–Crippen MR) is 197 cm³/mol. The molecule has 1 aliphatic rings. The number of ether oxygens (including phenoxy) is 2. The Hall–Kier alpha value is -4.93. The van der Waals surface area contributed by atoms with Gasteiger partial charge >= 0.3 is 6.03 Å². The van der Waals surface area contributed by atoms with Gasteiger partial charge in [0.2, 0.25) is 0 Å². The van der Waals surface area contributed by atoms with Gasteiger partial charge in [0.15, 0.2) is 0 Å². The number of rotatable bonds is 7. The molecule has 1 aliphatic heterocycles. The van der Waals surface area contributed by atoms with Crippen LogP contribution in [0.3, 0.4) is 0 Å². The van der Waals surface area contributed by atoms with Crippen molar-refractivity contribution in [2.45, 2.75) is 58.3 Å². The van der Waals surface area contributed by atoms with Crippen molar-refractivity contribution in [2.24, 2.45) is 5.92 Å². The van der Waals surface area contributed by atoms with Gasteiger partial charge in [-0.25, -0.2) is 4.79 Å². The molecule has 264 valence electrons. The number of anilines is 2. The average molecular weight is 681 g/mol. The maximum Gasteiger partial charge on any atom is 0.321 e. The molecule has 50 heavy (non-hydrogen) atoms. The van der Waals surface area contributed by atoms with E-state index in [9.17, 15) is 19.5 Å². The Morgan fingerprint density at radius 2 is 1.70 bits per heavy atom. The third-order valence-corrected chi connectivity index (χ3v) is 9.18. The number of urea groups is 1. The zero-order valence-electron chi connectivity index (χ0n) is 29.3. The number of nitrogens with one attached hydrogen (secondary N) is 2. The first-order valence-electron chi connectivity index (χ1n) is 17.3. The molecule has 10 heteroatoms. The quantitative estimate of drug-likeness (QED) is 0.192. The summed E-state index contributed by atoms with van der Waals surface area (Å²) in [7, 11) is 1.74. The van der Waals surface area contributed by atoms with E-state index >= 15 is 0 Å². The normalized spacial score (nSPS) is 19.4. The molecule has 4 amide bonds. The third kappa shape index (κ3) is 9.19. The minimum atomic E-state index is -0.529. The van der Waals surface area contributed by atoms with Gasteiger partial charge in [0, 0.05) is 49.3 Å². The molecule has 0 saturated carbocycles. The van der Waals surface area contributed by atoms with E-state index in [1.165, 1.54) is 0 Å². The van der Waals surface area contributed by atoms with E-state index in [0.29, 0.717) is 30.2 Å². The van der Waals surface area contributed by atoms with Gasteiger partial charge < -0.3 is 35.0 Å². The summed E-state index contributed by atoms with van der Waals surface area (Å²) in [4.78, 5) is 44.1. The number of amides is 4. The molecule has 0 radical (unpaired) electrons. The molecule has 0 saturated heterocycles. The van der Waals surface area contributed by atoms with E-state index in [4.69, 9.17) is 9.47 Å². The van der Waals surface area contributed by atoms with E-state index in [0.717, 1.165) is 35.7 Å². The molecule has 0 fully saturated rings. The Bertz CT molecular complexity index is 1760. The lowest BCUT2D eigenvalue weighted by Crippen LogP contribution is -2.48. The summed E-state index contributed by atoms with van der Waals surface area (Å²) in [5.74, 6) is -0.434. The standard InChI is InChI=1S/C40H48N4O6/c1-27-24-44(28(2)26-45)39(47)34-23-32(41-38(46)31-15-6-5-7-16-31)20-21-36(34)50-29(3)13-10-11-22-49-37(27)25-43(4)40(48)42-35-19-12-17-30-14-8-9-18-33(30)35/h5-9,12,14-21,23,27-29,37,45H,10-11,13,22,24-26H2,1-4H3,(H,41,46)(H,42,48)/t27-,28-,29+,37-/m0/s1. The second-order valence-corrected chi connectivity index (χ2v) is 13.2. The fourth-order valence-corrected chi connectivity index (χ4v) is 6.15. The van der Waals surface area contributed by atoms with Crippen molar-refractivity contribution >= 4 is 40.0 Å². The molecular formula is C40H48N4O6. The Morgan fingerprint density at radius 1 is 0.960 bits per heavy atom. The van der Waals surface area contributed by atoms with Crippen LogP contribution in [0.15, 0.2) is 91.0 Å². The number of aliphatic hydroxyl groups is 1. The lowest BCUT2D eigenvalue weighted by atomic mass is 10.0. The van der Waals surface area contributed by atoms with E-state index in [1.54, 1.807) is 66.2 Å². The summed E-state index contributed by atoms with van der Waals surface area (Å²) in [6, 6.07) is 26.9. The molecule has 0 unspecified atom stereocenters. The molecule has 4 aromatic carbocycles. The fraction of sp³-hybridized carbons (Fsp3) is 0.375. The van der Waals surface area contributed by atoms with Crippen molar-refractivity contribution in [3.63, 3.8) is 0 Å². The zero-order valence-corrected chi connectivity index (χ0v) is 29.3. The molecule has 0 spiro atoms. The van der Waals surface area contributed by atoms with Gasteiger partial charge in [-0.3, -0.25) is 9.59 Å². The molecule has 4 aromatic rings. The molecule has 1 heterocycles. The molecule has 0 aromatic heterocycles. The summed E-state index contributed by atoms with van der Waals surface area (Å²) in [6.45, 7) is 6.53. The number of benzene rings is 4. The number of hydrogen-bond donors (Lipinski definition) is 3. The van der Waals surface area contributed by atoms with Crippen molar-refractivity contribution < 1.29 is 29.0 Å². The number of carbonyl (C=O) groups is 3. The SMILES string of the molecule is C[C@@H]1CCCCO[C@@H](CN(C)C(=O)Nc2cccc3ccccc23)[C@@H](C)CN([C@@H](C)CO)C(=O)c2cc(NC(=O)c3ccccc3)ccc2O1. The monoisotopic (exact) mass is 680 g/mol. The predicted octanol–water partition coefficient (Wildman–Crippen LogP) is 7.05. The Morgan fingerprint density at radius 3 is 2.48 bits per heavy atom. The van der Waals surface area contributed by atoms with Crippen LogP contribution in [0.4, 0.5) is 16.2 Å². The lowest BCUT2D eigenvalue weighted by Gasteiger charge is -2.35. The minimum absolute atomic E-state index is 0.184. The summed E-state index contributed by atoms with van der Waals surface area (Å²) in [5, 5.41) is 18.2. The summed E-state index contributed by atoms with van der Waals surface area (Å²) in [6.07, 6.45) is 1.81. The van der Waals surface area contributed by atoms with Gasteiger partial charge in [-0.1, -0.05) is 61.5 Å². The van der Waals surface area contributed by atoms with Crippen LogP contribution in [0, 0.1) is 5.92 Å². The van der Waals surface area contributed by atoms with Gasteiger partial charge in [0.25, 0.3) is 11.8 Å². The van der Waals surface area contributed by atoms with Gasteiger partial charge in [0.05, 0.1) is 36.1 Å². The second kappa shape index (κ2) is 17.1. The van der Waals surface area contributed by atoms with Crippen molar-refractivity contribution in [3.05, 3.63) is 102 Å². The Kier molecular flexibility index (Phi) is 12.5. The number of fused-ring (bicyclic) bond motifs is 2. The maximum absolute atomic E-state index is 14.4. The Balaban J connectivity index is 1.38. The topological polar surface area (TPSA) is 120 Å². The van der Waals surface area contributed by atoms with Crippen LogP contribution in [-0.4, -0.2) is 84.4 Å². The third-order valence-electron chi connectivity index (χ3n) is 9.18. The molecule has 5 rings (SSSR count). The van der Waals surface area contributed by atoms with E-state index in [2.05, 4.69) is 10.6 Å². The van der Waals surface area contributed by atoms with Gasteiger partial charge in [-0.2, -0.15) is 0 Å². The highest BCUT2D eigenvalue weighted by Gasteiger charge is 2.31. The average Bonchev–Trinajstić information content (AvgIpc) is 3.13. The van der Waals surface area contributed by atoms with Crippen LogP contribution in [0.25, 0.3) is 10.8 Å². The minimum Gasteiger partial charge on any atom is -0.490 e. The van der Waals surface area contributed by atoms with Crippen LogP contribution in [-0.2, 0) is 4.74 Å². The van der Waals surface area contributed by atoms with Gasteiger partial charge in [-0.15, -0.1) is 0 Å². The number of hydrogen-bond acceptors (Lipinski definition) is 6. The van der Waals surface area contributed by atoms with Crippen LogP contribution in [0.2, 0.25) is 0 Å².